The van der Waals surface area contributed by atoms with Crippen LogP contribution in [-0.4, -0.2) is 35.8 Å². The Kier molecular flexibility index (Phi) is 4.74. The van der Waals surface area contributed by atoms with E-state index in [-0.39, 0.29) is 23.8 Å². The van der Waals surface area contributed by atoms with E-state index in [1.54, 1.807) is 4.90 Å². The summed E-state index contributed by atoms with van der Waals surface area (Å²) in [7, 11) is 0. The number of nitrogens with two attached hydrogens (primary N) is 2. The average Bonchev–Trinajstić information content (AvgIpc) is 2.43. The first-order chi connectivity index (χ1) is 9.97. The maximum atomic E-state index is 13.1. The molecule has 1 unspecified atom stereocenters. The molecule has 1 heterocycles. The third-order valence-electron chi connectivity index (χ3n) is 3.58. The predicted octanol–water partition coefficient (Wildman–Crippen LogP) is 0.686. The molecule has 0 saturated carbocycles. The third-order valence-corrected chi connectivity index (χ3v) is 3.58. The fourth-order valence-electron chi connectivity index (χ4n) is 2.51. The largest absolute Gasteiger partial charge is 0.397 e. The lowest BCUT2D eigenvalue weighted by Gasteiger charge is -2.32. The molecule has 5 N–H and O–H groups in total. The van der Waals surface area contributed by atoms with Gasteiger partial charge in [-0.25, -0.2) is 4.39 Å². The SMILES string of the molecule is NC(=O)C1CCCCN1CC(=O)Nc1cc(F)ccc1N. The van der Waals surface area contributed by atoms with Crippen molar-refractivity contribution >= 4 is 23.2 Å². The van der Waals surface area contributed by atoms with Gasteiger partial charge in [-0.3, -0.25) is 14.5 Å². The number of benzene rings is 1. The summed E-state index contributed by atoms with van der Waals surface area (Å²) in [4.78, 5) is 25.2. The van der Waals surface area contributed by atoms with Crippen LogP contribution in [0.4, 0.5) is 15.8 Å². The second-order valence-corrected chi connectivity index (χ2v) is 5.16. The van der Waals surface area contributed by atoms with Crippen molar-refractivity contribution < 1.29 is 14.0 Å². The van der Waals surface area contributed by atoms with Crippen molar-refractivity contribution in [3.8, 4) is 0 Å². The van der Waals surface area contributed by atoms with Gasteiger partial charge in [-0.2, -0.15) is 0 Å². The van der Waals surface area contributed by atoms with Crippen LogP contribution in [-0.2, 0) is 9.59 Å². The Balaban J connectivity index is 2.00. The highest BCUT2D eigenvalue weighted by Crippen LogP contribution is 2.20. The van der Waals surface area contributed by atoms with E-state index in [0.717, 1.165) is 18.9 Å². The topological polar surface area (TPSA) is 101 Å². The van der Waals surface area contributed by atoms with Gasteiger partial charge in [0.15, 0.2) is 0 Å². The molecule has 1 aromatic rings. The number of carbonyl (C=O) groups is 2. The first-order valence-electron chi connectivity index (χ1n) is 6.85. The zero-order chi connectivity index (χ0) is 15.4. The highest BCUT2D eigenvalue weighted by Gasteiger charge is 2.28. The smallest absolute Gasteiger partial charge is 0.238 e. The second-order valence-electron chi connectivity index (χ2n) is 5.16. The summed E-state index contributed by atoms with van der Waals surface area (Å²) in [5.41, 5.74) is 11.5. The molecule has 0 aliphatic carbocycles. The summed E-state index contributed by atoms with van der Waals surface area (Å²) in [5, 5.41) is 2.56. The lowest BCUT2D eigenvalue weighted by atomic mass is 10.0. The van der Waals surface area contributed by atoms with Crippen molar-refractivity contribution in [1.29, 1.82) is 0 Å². The standard InChI is InChI=1S/C14H19FN4O2/c15-9-4-5-10(16)11(7-9)18-13(20)8-19-6-2-1-3-12(19)14(17)21/h4-5,7,12H,1-3,6,8,16H2,(H2,17,21)(H,18,20). The van der Waals surface area contributed by atoms with Crippen LogP contribution in [0, 0.1) is 5.82 Å². The molecule has 2 amide bonds. The van der Waals surface area contributed by atoms with Gasteiger partial charge in [-0.1, -0.05) is 6.42 Å². The minimum Gasteiger partial charge on any atom is -0.397 e. The zero-order valence-corrected chi connectivity index (χ0v) is 11.6. The van der Waals surface area contributed by atoms with E-state index in [4.69, 9.17) is 11.5 Å². The number of hydrogen-bond donors (Lipinski definition) is 3. The maximum Gasteiger partial charge on any atom is 0.238 e. The number of hydrogen-bond acceptors (Lipinski definition) is 4. The number of nitrogen functional groups attached to an aromatic ring is 1. The van der Waals surface area contributed by atoms with Gasteiger partial charge in [0.25, 0.3) is 0 Å². The molecular weight excluding hydrogens is 275 g/mol. The van der Waals surface area contributed by atoms with Crippen LogP contribution < -0.4 is 16.8 Å². The van der Waals surface area contributed by atoms with Gasteiger partial charge in [0.1, 0.15) is 5.82 Å². The van der Waals surface area contributed by atoms with Gasteiger partial charge in [0.05, 0.1) is 24.0 Å². The van der Waals surface area contributed by atoms with E-state index in [9.17, 15) is 14.0 Å². The molecule has 114 valence electrons. The molecule has 7 heteroatoms. The predicted molar refractivity (Wildman–Crippen MR) is 77.8 cm³/mol. The molecule has 2 rings (SSSR count). The normalized spacial score (nSPS) is 19.2. The second kappa shape index (κ2) is 6.53. The number of carbonyl (C=O) groups excluding carboxylic acids is 2. The van der Waals surface area contributed by atoms with Crippen LogP contribution in [0.15, 0.2) is 18.2 Å². The molecule has 0 aromatic heterocycles. The van der Waals surface area contributed by atoms with E-state index in [1.165, 1.54) is 12.1 Å². The lowest BCUT2D eigenvalue weighted by molar-refractivity contribution is -0.126. The summed E-state index contributed by atoms with van der Waals surface area (Å²) in [6.45, 7) is 0.670. The summed E-state index contributed by atoms with van der Waals surface area (Å²) in [6, 6.07) is 3.35. The van der Waals surface area contributed by atoms with Crippen molar-refractivity contribution in [2.45, 2.75) is 25.3 Å². The zero-order valence-electron chi connectivity index (χ0n) is 11.6. The minimum atomic E-state index is -0.479. The van der Waals surface area contributed by atoms with Gasteiger partial charge in [-0.15, -0.1) is 0 Å². The minimum absolute atomic E-state index is 0.0313. The Hall–Kier alpha value is -2.15. The van der Waals surface area contributed by atoms with Crippen LogP contribution in [0.5, 0.6) is 0 Å². The molecule has 1 saturated heterocycles. The fraction of sp³-hybridized carbons (Fsp3) is 0.429. The number of halogens is 1. The molecule has 6 nitrogen and oxygen atoms in total. The maximum absolute atomic E-state index is 13.1. The van der Waals surface area contributed by atoms with Crippen molar-refractivity contribution in [3.63, 3.8) is 0 Å². The molecule has 21 heavy (non-hydrogen) atoms. The van der Waals surface area contributed by atoms with Crippen molar-refractivity contribution in [3.05, 3.63) is 24.0 Å². The Labute approximate surface area is 122 Å². The van der Waals surface area contributed by atoms with Gasteiger partial charge >= 0.3 is 0 Å². The molecule has 1 fully saturated rings. The van der Waals surface area contributed by atoms with Gasteiger partial charge in [0, 0.05) is 0 Å². The molecule has 1 atom stereocenters. The first-order valence-corrected chi connectivity index (χ1v) is 6.85. The van der Waals surface area contributed by atoms with Crippen LogP contribution >= 0.6 is 0 Å². The summed E-state index contributed by atoms with van der Waals surface area (Å²) in [6.07, 6.45) is 2.49. The van der Waals surface area contributed by atoms with E-state index in [0.29, 0.717) is 13.0 Å². The Morgan fingerprint density at radius 2 is 2.14 bits per heavy atom. The third kappa shape index (κ3) is 3.91. The molecule has 0 radical (unpaired) electrons. The molecule has 1 aromatic carbocycles. The Morgan fingerprint density at radius 3 is 2.86 bits per heavy atom. The van der Waals surface area contributed by atoms with E-state index in [2.05, 4.69) is 5.32 Å². The number of nitrogens with one attached hydrogen (secondary N) is 1. The van der Waals surface area contributed by atoms with E-state index < -0.39 is 17.8 Å². The quantitative estimate of drug-likeness (QED) is 0.711. The van der Waals surface area contributed by atoms with Crippen LogP contribution in [0.1, 0.15) is 19.3 Å². The number of nitrogens with zero attached hydrogens (tertiary/aromatic N) is 1. The van der Waals surface area contributed by atoms with Crippen molar-refractivity contribution in [2.24, 2.45) is 5.73 Å². The van der Waals surface area contributed by atoms with E-state index in [1.807, 2.05) is 0 Å². The summed E-state index contributed by atoms with van der Waals surface area (Å²) in [5.74, 6) is -1.25. The number of amides is 2. The number of piperidine rings is 1. The monoisotopic (exact) mass is 294 g/mol. The number of likely N-dealkylation sites (tertiary alicyclic amines) is 1. The molecule has 0 bridgehead atoms. The summed E-state index contributed by atoms with van der Waals surface area (Å²) < 4.78 is 13.1. The van der Waals surface area contributed by atoms with Crippen LogP contribution in [0.2, 0.25) is 0 Å². The number of primary amides is 1. The highest BCUT2D eigenvalue weighted by atomic mass is 19.1. The molecular formula is C14H19FN4O2. The van der Waals surface area contributed by atoms with Crippen molar-refractivity contribution in [2.75, 3.05) is 24.1 Å². The highest BCUT2D eigenvalue weighted by molar-refractivity contribution is 5.95. The van der Waals surface area contributed by atoms with E-state index >= 15 is 0 Å². The number of anilines is 2. The first kappa shape index (κ1) is 15.2. The average molecular weight is 294 g/mol. The fourth-order valence-corrected chi connectivity index (χ4v) is 2.51. The Morgan fingerprint density at radius 1 is 1.38 bits per heavy atom. The molecule has 1 aliphatic heterocycles. The van der Waals surface area contributed by atoms with Gasteiger partial charge in [0.2, 0.25) is 11.8 Å². The van der Waals surface area contributed by atoms with Crippen molar-refractivity contribution in [1.82, 2.24) is 4.90 Å². The van der Waals surface area contributed by atoms with Gasteiger partial charge < -0.3 is 16.8 Å². The van der Waals surface area contributed by atoms with Gasteiger partial charge in [-0.05, 0) is 37.6 Å². The lowest BCUT2D eigenvalue weighted by Crippen LogP contribution is -2.50. The summed E-state index contributed by atoms with van der Waals surface area (Å²) >= 11 is 0. The molecule has 1 aliphatic rings. The number of rotatable bonds is 4. The molecule has 0 spiro atoms. The van der Waals surface area contributed by atoms with Crippen LogP contribution in [0.3, 0.4) is 0 Å². The van der Waals surface area contributed by atoms with Crippen LogP contribution in [0.25, 0.3) is 0 Å². The Bertz CT molecular complexity index is 550.